The maximum atomic E-state index is 11.6. The zero-order chi connectivity index (χ0) is 14.2. The normalized spacial score (nSPS) is 18.4. The van der Waals surface area contributed by atoms with Crippen molar-refractivity contribution < 1.29 is 4.79 Å². The van der Waals surface area contributed by atoms with Crippen LogP contribution in [0.25, 0.3) is 0 Å². The fraction of sp³-hybridized carbons (Fsp3) is 0.333. The Balaban J connectivity index is 1.68. The fourth-order valence-corrected chi connectivity index (χ4v) is 2.70. The van der Waals surface area contributed by atoms with Crippen LogP contribution in [0, 0.1) is 5.92 Å². The van der Waals surface area contributed by atoms with E-state index in [1.54, 1.807) is 0 Å². The number of thioether (sulfide) groups is 1. The lowest BCUT2D eigenvalue weighted by Gasteiger charge is -2.11. The number of nitrogens with one attached hydrogen (secondary N) is 1. The van der Waals surface area contributed by atoms with Gasteiger partial charge in [-0.2, -0.15) is 5.10 Å². The molecule has 0 aromatic heterocycles. The van der Waals surface area contributed by atoms with Crippen molar-refractivity contribution in [3.63, 3.8) is 0 Å². The topological polar surface area (TPSA) is 41.5 Å². The van der Waals surface area contributed by atoms with Crippen LogP contribution in [0.1, 0.15) is 19.3 Å². The van der Waals surface area contributed by atoms with Gasteiger partial charge in [-0.1, -0.05) is 23.8 Å². The Morgan fingerprint density at radius 2 is 2.20 bits per heavy atom. The molecule has 0 fully saturated rings. The van der Waals surface area contributed by atoms with E-state index in [4.69, 9.17) is 11.6 Å². The summed E-state index contributed by atoms with van der Waals surface area (Å²) in [5, 5.41) is 4.73. The summed E-state index contributed by atoms with van der Waals surface area (Å²) in [7, 11) is 0. The second-order valence-corrected chi connectivity index (χ2v) is 6.09. The average Bonchev–Trinajstić information content (AvgIpc) is 2.48. The molecule has 2 rings (SSSR count). The molecule has 0 saturated heterocycles. The lowest BCUT2D eigenvalue weighted by atomic mass is 9.96. The Hall–Kier alpha value is -1.26. The van der Waals surface area contributed by atoms with Crippen molar-refractivity contribution in [2.45, 2.75) is 24.2 Å². The van der Waals surface area contributed by atoms with Crippen LogP contribution in [0.5, 0.6) is 0 Å². The number of amides is 1. The molecule has 1 aromatic carbocycles. The molecule has 0 spiro atoms. The zero-order valence-corrected chi connectivity index (χ0v) is 12.7. The van der Waals surface area contributed by atoms with Crippen LogP contribution in [0.2, 0.25) is 5.02 Å². The number of rotatable bonds is 5. The first-order chi connectivity index (χ1) is 9.74. The quantitative estimate of drug-likeness (QED) is 0.388. The summed E-state index contributed by atoms with van der Waals surface area (Å²) in [5.41, 5.74) is 2.57. The minimum atomic E-state index is -0.0902. The Kier molecular flexibility index (Phi) is 6.15. The van der Waals surface area contributed by atoms with Crippen LogP contribution in [0.3, 0.4) is 0 Å². The number of halogens is 1. The van der Waals surface area contributed by atoms with Crippen LogP contribution in [-0.2, 0) is 4.79 Å². The van der Waals surface area contributed by atoms with Crippen molar-refractivity contribution in [1.82, 2.24) is 5.43 Å². The molecule has 1 amide bonds. The van der Waals surface area contributed by atoms with E-state index in [0.29, 0.717) is 16.7 Å². The molecule has 1 N–H and O–H groups in total. The summed E-state index contributed by atoms with van der Waals surface area (Å²) in [5.74, 6) is 0.709. The predicted molar refractivity (Wildman–Crippen MR) is 85.3 cm³/mol. The lowest BCUT2D eigenvalue weighted by Crippen LogP contribution is -2.20. The van der Waals surface area contributed by atoms with Crippen LogP contribution >= 0.6 is 23.4 Å². The Morgan fingerprint density at radius 3 is 2.90 bits per heavy atom. The number of hydrogen-bond donors (Lipinski definition) is 1. The largest absolute Gasteiger partial charge is 0.272 e. The Labute approximate surface area is 128 Å². The first-order valence-electron chi connectivity index (χ1n) is 6.59. The highest BCUT2D eigenvalue weighted by atomic mass is 35.5. The number of hydrazone groups is 1. The van der Waals surface area contributed by atoms with E-state index in [0.717, 1.165) is 24.2 Å². The highest BCUT2D eigenvalue weighted by Crippen LogP contribution is 2.20. The number of benzene rings is 1. The zero-order valence-electron chi connectivity index (χ0n) is 11.1. The summed E-state index contributed by atoms with van der Waals surface area (Å²) in [4.78, 5) is 12.7. The molecular weight excluding hydrogens is 292 g/mol. The van der Waals surface area contributed by atoms with Crippen molar-refractivity contribution in [2.75, 3.05) is 5.75 Å². The molecule has 0 radical (unpaired) electrons. The number of allylic oxidation sites excluding steroid dienone is 2. The van der Waals surface area contributed by atoms with E-state index < -0.39 is 0 Å². The molecule has 1 aromatic rings. The standard InChI is InChI=1S/C15H17ClN2OS/c16-13-6-8-14(9-7-13)20-11-15(19)18-17-10-12-4-2-1-3-5-12/h1-2,6-10,12H,3-5,11H2,(H,18,19)/b17-10-/t12-/m1/s1. The van der Waals surface area contributed by atoms with Gasteiger partial charge in [0.05, 0.1) is 5.75 Å². The van der Waals surface area contributed by atoms with Gasteiger partial charge >= 0.3 is 0 Å². The molecule has 0 heterocycles. The molecule has 1 atom stereocenters. The monoisotopic (exact) mass is 308 g/mol. The van der Waals surface area contributed by atoms with Crippen molar-refractivity contribution in [2.24, 2.45) is 11.0 Å². The minimum absolute atomic E-state index is 0.0902. The molecule has 0 bridgehead atoms. The fourth-order valence-electron chi connectivity index (χ4n) is 1.88. The molecule has 3 nitrogen and oxygen atoms in total. The van der Waals surface area contributed by atoms with Gasteiger partial charge in [-0.25, -0.2) is 5.43 Å². The van der Waals surface area contributed by atoms with E-state index >= 15 is 0 Å². The molecule has 1 aliphatic rings. The van der Waals surface area contributed by atoms with Gasteiger partial charge in [-0.05, 0) is 49.4 Å². The third-order valence-corrected chi connectivity index (χ3v) is 4.23. The summed E-state index contributed by atoms with van der Waals surface area (Å²) in [6.07, 6.45) is 9.41. The third-order valence-electron chi connectivity index (χ3n) is 2.97. The number of carbonyl (C=O) groups excluding carboxylic acids is 1. The Morgan fingerprint density at radius 1 is 1.40 bits per heavy atom. The van der Waals surface area contributed by atoms with Gasteiger partial charge in [0, 0.05) is 16.1 Å². The smallest absolute Gasteiger partial charge is 0.250 e. The van der Waals surface area contributed by atoms with E-state index in [1.807, 2.05) is 30.5 Å². The van der Waals surface area contributed by atoms with Crippen LogP contribution in [0.15, 0.2) is 46.4 Å². The van der Waals surface area contributed by atoms with E-state index in [1.165, 1.54) is 11.8 Å². The van der Waals surface area contributed by atoms with Gasteiger partial charge in [-0.15, -0.1) is 11.8 Å². The van der Waals surface area contributed by atoms with Crippen molar-refractivity contribution >= 4 is 35.5 Å². The van der Waals surface area contributed by atoms with Gasteiger partial charge in [-0.3, -0.25) is 4.79 Å². The molecule has 5 heteroatoms. The van der Waals surface area contributed by atoms with E-state index in [9.17, 15) is 4.79 Å². The number of carbonyl (C=O) groups is 1. The van der Waals surface area contributed by atoms with Gasteiger partial charge in [0.2, 0.25) is 5.91 Å². The lowest BCUT2D eigenvalue weighted by molar-refractivity contribution is -0.118. The highest BCUT2D eigenvalue weighted by Gasteiger charge is 2.07. The molecule has 20 heavy (non-hydrogen) atoms. The van der Waals surface area contributed by atoms with Gasteiger partial charge in [0.25, 0.3) is 0 Å². The first kappa shape index (κ1) is 15.1. The molecule has 1 aliphatic carbocycles. The van der Waals surface area contributed by atoms with Crippen molar-refractivity contribution in [3.05, 3.63) is 41.4 Å². The van der Waals surface area contributed by atoms with E-state index in [-0.39, 0.29) is 5.91 Å². The Bertz CT molecular complexity index is 499. The average molecular weight is 309 g/mol. The molecular formula is C15H17ClN2OS. The SMILES string of the molecule is O=C(CSc1ccc(Cl)cc1)N/N=C\[C@@H]1CC=CCC1. The summed E-state index contributed by atoms with van der Waals surface area (Å²) in [6.45, 7) is 0. The third kappa shape index (κ3) is 5.39. The van der Waals surface area contributed by atoms with E-state index in [2.05, 4.69) is 22.7 Å². The van der Waals surface area contributed by atoms with Crippen LogP contribution in [-0.4, -0.2) is 17.9 Å². The minimum Gasteiger partial charge on any atom is -0.272 e. The van der Waals surface area contributed by atoms with Crippen LogP contribution < -0.4 is 5.43 Å². The van der Waals surface area contributed by atoms with Crippen LogP contribution in [0.4, 0.5) is 0 Å². The summed E-state index contributed by atoms with van der Waals surface area (Å²) < 4.78 is 0. The molecule has 0 aliphatic heterocycles. The number of nitrogens with zero attached hydrogens (tertiary/aromatic N) is 1. The summed E-state index contributed by atoms with van der Waals surface area (Å²) >= 11 is 7.27. The molecule has 106 valence electrons. The molecule has 0 unspecified atom stereocenters. The van der Waals surface area contributed by atoms with Crippen molar-refractivity contribution in [3.8, 4) is 0 Å². The predicted octanol–water partition coefficient (Wildman–Crippen LogP) is 3.89. The highest BCUT2D eigenvalue weighted by molar-refractivity contribution is 8.00. The van der Waals surface area contributed by atoms with Gasteiger partial charge in [0.1, 0.15) is 0 Å². The summed E-state index contributed by atoms with van der Waals surface area (Å²) in [6, 6.07) is 7.43. The van der Waals surface area contributed by atoms with Gasteiger partial charge in [0.15, 0.2) is 0 Å². The van der Waals surface area contributed by atoms with Crippen molar-refractivity contribution in [1.29, 1.82) is 0 Å². The molecule has 0 saturated carbocycles. The van der Waals surface area contributed by atoms with Gasteiger partial charge < -0.3 is 0 Å². The second kappa shape index (κ2) is 8.12. The first-order valence-corrected chi connectivity index (χ1v) is 7.96. The number of hydrogen-bond acceptors (Lipinski definition) is 3. The second-order valence-electron chi connectivity index (χ2n) is 4.60. The maximum absolute atomic E-state index is 11.6. The maximum Gasteiger partial charge on any atom is 0.250 e.